The molecule has 1 aliphatic carbocycles. The van der Waals surface area contributed by atoms with Crippen molar-refractivity contribution < 1.29 is 9.53 Å². The van der Waals surface area contributed by atoms with Crippen molar-refractivity contribution in [3.8, 4) is 5.75 Å². The fourth-order valence-electron chi connectivity index (χ4n) is 2.41. The van der Waals surface area contributed by atoms with Gasteiger partial charge >= 0.3 is 0 Å². The van der Waals surface area contributed by atoms with Crippen LogP contribution in [0, 0.1) is 5.92 Å². The van der Waals surface area contributed by atoms with E-state index in [1.54, 1.807) is 7.11 Å². The van der Waals surface area contributed by atoms with Gasteiger partial charge in [0.05, 0.1) is 7.11 Å². The number of methoxy groups -OCH3 is 1. The minimum absolute atomic E-state index is 0.216. The summed E-state index contributed by atoms with van der Waals surface area (Å²) in [5.74, 6) is 1.27. The third-order valence-corrected chi connectivity index (χ3v) is 4.07. The molecule has 3 heteroatoms. The van der Waals surface area contributed by atoms with Crippen molar-refractivity contribution in [2.24, 2.45) is 5.92 Å². The molecule has 0 radical (unpaired) electrons. The van der Waals surface area contributed by atoms with Crippen molar-refractivity contribution in [1.29, 1.82) is 0 Å². The van der Waals surface area contributed by atoms with Gasteiger partial charge in [-0.3, -0.25) is 4.79 Å². The van der Waals surface area contributed by atoms with Gasteiger partial charge in [-0.2, -0.15) is 0 Å². The van der Waals surface area contributed by atoms with Gasteiger partial charge in [0.25, 0.3) is 0 Å². The van der Waals surface area contributed by atoms with Gasteiger partial charge in [-0.25, -0.2) is 0 Å². The highest BCUT2D eigenvalue weighted by atomic mass is 79.9. The van der Waals surface area contributed by atoms with Crippen LogP contribution in [0.3, 0.4) is 0 Å². The van der Waals surface area contributed by atoms with E-state index in [0.717, 1.165) is 28.6 Å². The second kappa shape index (κ2) is 5.67. The van der Waals surface area contributed by atoms with Crippen LogP contribution in [-0.2, 0) is 0 Å². The highest BCUT2D eigenvalue weighted by Crippen LogP contribution is 2.31. The van der Waals surface area contributed by atoms with Gasteiger partial charge in [-0.15, -0.1) is 0 Å². The fourth-order valence-corrected chi connectivity index (χ4v) is 2.96. The van der Waals surface area contributed by atoms with Crippen LogP contribution in [0.15, 0.2) is 22.7 Å². The Hall–Kier alpha value is -0.830. The summed E-state index contributed by atoms with van der Waals surface area (Å²) in [6.45, 7) is 0. The molecule has 0 atom stereocenters. The first-order valence-electron chi connectivity index (χ1n) is 6.10. The molecule has 0 saturated heterocycles. The molecule has 1 aromatic carbocycles. The van der Waals surface area contributed by atoms with Crippen molar-refractivity contribution in [2.45, 2.75) is 32.1 Å². The molecule has 1 fully saturated rings. The Morgan fingerprint density at radius 1 is 1.29 bits per heavy atom. The van der Waals surface area contributed by atoms with Crippen LogP contribution in [0.5, 0.6) is 5.75 Å². The third-order valence-electron chi connectivity index (χ3n) is 3.42. The second-order valence-electron chi connectivity index (χ2n) is 4.54. The van der Waals surface area contributed by atoms with Crippen molar-refractivity contribution in [1.82, 2.24) is 0 Å². The molecule has 0 unspecified atom stereocenters. The van der Waals surface area contributed by atoms with Crippen LogP contribution in [0.4, 0.5) is 0 Å². The quantitative estimate of drug-likeness (QED) is 0.781. The van der Waals surface area contributed by atoms with Crippen LogP contribution in [0.2, 0.25) is 0 Å². The van der Waals surface area contributed by atoms with Crippen molar-refractivity contribution in [3.05, 3.63) is 28.2 Å². The molecule has 0 spiro atoms. The molecule has 0 aliphatic heterocycles. The first-order chi connectivity index (χ1) is 8.22. The number of benzene rings is 1. The molecule has 1 saturated carbocycles. The number of ketones is 1. The van der Waals surface area contributed by atoms with Crippen LogP contribution < -0.4 is 4.74 Å². The minimum atomic E-state index is 0.216. The molecular weight excluding hydrogens is 280 g/mol. The lowest BCUT2D eigenvalue weighted by molar-refractivity contribution is 0.0888. The van der Waals surface area contributed by atoms with E-state index in [9.17, 15) is 4.79 Å². The number of ether oxygens (including phenoxy) is 1. The van der Waals surface area contributed by atoms with E-state index in [4.69, 9.17) is 4.74 Å². The average Bonchev–Trinajstić information content (AvgIpc) is 2.39. The van der Waals surface area contributed by atoms with E-state index in [1.165, 1.54) is 19.3 Å². The highest BCUT2D eigenvalue weighted by Gasteiger charge is 2.23. The van der Waals surface area contributed by atoms with E-state index in [1.807, 2.05) is 18.2 Å². The van der Waals surface area contributed by atoms with Gasteiger partial charge in [-0.05, 0) is 47.0 Å². The van der Waals surface area contributed by atoms with Gasteiger partial charge in [-0.1, -0.05) is 19.3 Å². The Morgan fingerprint density at radius 3 is 2.59 bits per heavy atom. The lowest BCUT2D eigenvalue weighted by atomic mass is 9.84. The maximum absolute atomic E-state index is 12.3. The molecule has 0 amide bonds. The summed E-state index contributed by atoms with van der Waals surface area (Å²) in [4.78, 5) is 12.3. The van der Waals surface area contributed by atoms with Crippen LogP contribution in [0.25, 0.3) is 0 Å². The van der Waals surface area contributed by atoms with Gasteiger partial charge < -0.3 is 4.74 Å². The highest BCUT2D eigenvalue weighted by molar-refractivity contribution is 9.10. The number of Topliss-reactive ketones (excluding diaryl/α,β-unsaturated/α-hetero) is 1. The van der Waals surface area contributed by atoms with Gasteiger partial charge in [0, 0.05) is 16.0 Å². The zero-order chi connectivity index (χ0) is 12.3. The molecule has 2 rings (SSSR count). The predicted octanol–water partition coefficient (Wildman–Crippen LogP) is 4.22. The third kappa shape index (κ3) is 2.89. The zero-order valence-electron chi connectivity index (χ0n) is 10.0. The van der Waals surface area contributed by atoms with Gasteiger partial charge in [0.1, 0.15) is 5.75 Å². The Labute approximate surface area is 110 Å². The summed E-state index contributed by atoms with van der Waals surface area (Å²) in [5, 5.41) is 0. The molecule has 0 heterocycles. The molecule has 1 aliphatic rings. The molecule has 0 N–H and O–H groups in total. The van der Waals surface area contributed by atoms with Crippen LogP contribution >= 0.6 is 15.9 Å². The monoisotopic (exact) mass is 296 g/mol. The standard InChI is InChI=1S/C14H17BrO2/c1-17-11-7-8-12(13(15)9-11)14(16)10-5-3-2-4-6-10/h7-10H,2-6H2,1H3. The first-order valence-corrected chi connectivity index (χ1v) is 6.89. The van der Waals surface area contributed by atoms with E-state index >= 15 is 0 Å². The van der Waals surface area contributed by atoms with E-state index in [-0.39, 0.29) is 11.7 Å². The molecule has 0 aromatic heterocycles. The topological polar surface area (TPSA) is 26.3 Å². The van der Waals surface area contributed by atoms with Crippen LogP contribution in [0.1, 0.15) is 42.5 Å². The molecular formula is C14H17BrO2. The molecule has 2 nitrogen and oxygen atoms in total. The summed E-state index contributed by atoms with van der Waals surface area (Å²) >= 11 is 3.45. The predicted molar refractivity (Wildman–Crippen MR) is 71.6 cm³/mol. The van der Waals surface area contributed by atoms with Crippen molar-refractivity contribution >= 4 is 21.7 Å². The maximum atomic E-state index is 12.3. The summed E-state index contributed by atoms with van der Waals surface area (Å²) < 4.78 is 5.97. The normalized spacial score (nSPS) is 16.8. The Bertz CT molecular complexity index is 409. The number of carbonyl (C=O) groups excluding carboxylic acids is 1. The number of carbonyl (C=O) groups is 1. The number of hydrogen-bond donors (Lipinski definition) is 0. The molecule has 92 valence electrons. The second-order valence-corrected chi connectivity index (χ2v) is 5.40. The molecule has 1 aromatic rings. The summed E-state index contributed by atoms with van der Waals surface area (Å²) in [7, 11) is 1.63. The summed E-state index contributed by atoms with van der Waals surface area (Å²) in [5.41, 5.74) is 0.790. The Kier molecular flexibility index (Phi) is 4.21. The van der Waals surface area contributed by atoms with Gasteiger partial charge in [0.2, 0.25) is 0 Å². The number of hydrogen-bond acceptors (Lipinski definition) is 2. The maximum Gasteiger partial charge on any atom is 0.167 e. The summed E-state index contributed by atoms with van der Waals surface area (Å²) in [6.07, 6.45) is 5.72. The van der Waals surface area contributed by atoms with Crippen LogP contribution in [-0.4, -0.2) is 12.9 Å². The number of rotatable bonds is 3. The van der Waals surface area contributed by atoms with E-state index in [2.05, 4.69) is 15.9 Å². The largest absolute Gasteiger partial charge is 0.497 e. The van der Waals surface area contributed by atoms with Gasteiger partial charge in [0.15, 0.2) is 5.78 Å². The Morgan fingerprint density at radius 2 is 2.00 bits per heavy atom. The average molecular weight is 297 g/mol. The lowest BCUT2D eigenvalue weighted by Crippen LogP contribution is -2.18. The van der Waals surface area contributed by atoms with Crippen molar-refractivity contribution in [2.75, 3.05) is 7.11 Å². The van der Waals surface area contributed by atoms with E-state index < -0.39 is 0 Å². The zero-order valence-corrected chi connectivity index (χ0v) is 11.6. The Balaban J connectivity index is 2.18. The number of halogens is 1. The smallest absolute Gasteiger partial charge is 0.167 e. The fraction of sp³-hybridized carbons (Fsp3) is 0.500. The summed E-state index contributed by atoms with van der Waals surface area (Å²) in [6, 6.07) is 5.57. The first kappa shape index (κ1) is 12.6. The SMILES string of the molecule is COc1ccc(C(=O)C2CCCCC2)c(Br)c1. The lowest BCUT2D eigenvalue weighted by Gasteiger charge is -2.20. The molecule has 0 bridgehead atoms. The van der Waals surface area contributed by atoms with E-state index in [0.29, 0.717) is 0 Å². The minimum Gasteiger partial charge on any atom is -0.497 e. The van der Waals surface area contributed by atoms with Crippen molar-refractivity contribution in [3.63, 3.8) is 0 Å². The molecule has 17 heavy (non-hydrogen) atoms.